The van der Waals surface area contributed by atoms with Crippen LogP contribution in [0, 0.1) is 17.8 Å². The van der Waals surface area contributed by atoms with E-state index in [1.165, 1.54) is 45.1 Å². The number of ether oxygens (including phenoxy) is 7. The molecule has 3 aromatic rings. The Labute approximate surface area is 310 Å². The van der Waals surface area contributed by atoms with Crippen molar-refractivity contribution in [2.45, 2.75) is 49.7 Å². The zero-order valence-corrected chi connectivity index (χ0v) is 30.8. The highest BCUT2D eigenvalue weighted by Crippen LogP contribution is 2.51. The summed E-state index contributed by atoms with van der Waals surface area (Å²) in [5.74, 6) is -3.10. The number of methoxy groups -OCH3 is 6. The van der Waals surface area contributed by atoms with Crippen LogP contribution in [-0.4, -0.2) is 134 Å². The first-order chi connectivity index (χ1) is 25.8. The zero-order chi connectivity index (χ0) is 39.4. The Balaban J connectivity index is 0.000000493. The van der Waals surface area contributed by atoms with Gasteiger partial charge >= 0.3 is 23.9 Å². The van der Waals surface area contributed by atoms with E-state index in [9.17, 15) is 19.2 Å². The third-order valence-corrected chi connectivity index (χ3v) is 10.6. The number of aliphatic hydroxyl groups excluding tert-OH is 2. The molecule has 1 aliphatic carbocycles. The molecule has 5 N–H and O–H groups in total. The predicted octanol–water partition coefficient (Wildman–Crippen LogP) is 2.05. The first-order valence-electron chi connectivity index (χ1n) is 17.2. The van der Waals surface area contributed by atoms with Crippen molar-refractivity contribution >= 4 is 34.8 Å². The van der Waals surface area contributed by atoms with Crippen molar-refractivity contribution in [3.05, 3.63) is 47.2 Å². The number of H-pyrrole nitrogens is 1. The van der Waals surface area contributed by atoms with Crippen LogP contribution >= 0.6 is 0 Å². The van der Waals surface area contributed by atoms with Gasteiger partial charge in [-0.1, -0.05) is 0 Å². The number of carboxylic acids is 2. The average Bonchev–Trinajstić information content (AvgIpc) is 3.56. The Kier molecular flexibility index (Phi) is 12.6. The van der Waals surface area contributed by atoms with Crippen LogP contribution in [0.2, 0.25) is 0 Å². The smallest absolute Gasteiger partial charge is 0.338 e. The van der Waals surface area contributed by atoms with Gasteiger partial charge < -0.3 is 58.6 Å². The van der Waals surface area contributed by atoms with Crippen molar-refractivity contribution in [2.24, 2.45) is 17.8 Å². The Morgan fingerprint density at radius 1 is 0.852 bits per heavy atom. The van der Waals surface area contributed by atoms with Crippen LogP contribution < -0.4 is 18.9 Å². The highest BCUT2D eigenvalue weighted by atomic mass is 16.6. The number of aliphatic carboxylic acids is 2. The number of carboxylic acid groups (broad SMARTS) is 2. The number of aliphatic hydroxyl groups is 2. The number of hydrogen-bond donors (Lipinski definition) is 5. The molecule has 8 atom stereocenters. The fourth-order valence-corrected chi connectivity index (χ4v) is 8.03. The maximum absolute atomic E-state index is 13.5. The molecule has 294 valence electrons. The minimum atomic E-state index is -2.27. The van der Waals surface area contributed by atoms with Crippen molar-refractivity contribution in [2.75, 3.05) is 55.7 Å². The van der Waals surface area contributed by atoms with E-state index < -0.39 is 48.2 Å². The van der Waals surface area contributed by atoms with Crippen molar-refractivity contribution in [1.29, 1.82) is 0 Å². The quantitative estimate of drug-likeness (QED) is 0.176. The average molecular weight is 759 g/mol. The Morgan fingerprint density at radius 2 is 1.50 bits per heavy atom. The second-order valence-electron chi connectivity index (χ2n) is 13.3. The largest absolute Gasteiger partial charge is 0.497 e. The van der Waals surface area contributed by atoms with Gasteiger partial charge in [0.05, 0.1) is 53.1 Å². The minimum absolute atomic E-state index is 0.0170. The lowest BCUT2D eigenvalue weighted by atomic mass is 9.63. The molecule has 54 heavy (non-hydrogen) atoms. The molecule has 0 amide bonds. The monoisotopic (exact) mass is 758 g/mol. The third-order valence-electron chi connectivity index (χ3n) is 10.6. The van der Waals surface area contributed by atoms with Gasteiger partial charge in [-0.2, -0.15) is 0 Å². The molecular weight excluding hydrogens is 712 g/mol. The van der Waals surface area contributed by atoms with Crippen molar-refractivity contribution < 1.29 is 72.8 Å². The Morgan fingerprint density at radius 3 is 2.04 bits per heavy atom. The second-order valence-corrected chi connectivity index (χ2v) is 13.3. The highest BCUT2D eigenvalue weighted by Gasteiger charge is 2.54. The lowest BCUT2D eigenvalue weighted by molar-refractivity contribution is -0.176. The number of piperidine rings is 1. The molecule has 3 heterocycles. The third kappa shape index (κ3) is 7.75. The molecule has 2 aliphatic heterocycles. The standard InChI is InChI=1S/C33H40N2O9.C4H6O6/c1-38-19-7-8-20-21-9-10-35-16-18-13-27(44-32(36)17-11-25(39-2)30(41-4)26(12-17)40-3)31(42-5)28(33(37)43-6)22(18)15-24(35)29(21)34-23(20)14-19;5-1(3(7)8)2(6)4(9)10/h7-8,11-12,14,18,22,24,27-28,31,34H,9-10,13,15-16H2,1-6H3;1-2,5-6H,(H,7,8)(H,9,10)/t18-,22-,24+,27-,28-,31+;1-,2-/m11/s1. The summed E-state index contributed by atoms with van der Waals surface area (Å²) >= 11 is 0. The summed E-state index contributed by atoms with van der Waals surface area (Å²) in [6.07, 6.45) is -3.61. The zero-order valence-electron chi connectivity index (χ0n) is 30.8. The Hall–Kier alpha value is -5.10. The maximum Gasteiger partial charge on any atom is 0.338 e. The van der Waals surface area contributed by atoms with Crippen molar-refractivity contribution in [3.63, 3.8) is 0 Å². The number of nitrogens with one attached hydrogen (secondary N) is 1. The number of esters is 2. The van der Waals surface area contributed by atoms with Gasteiger partial charge in [0.25, 0.3) is 0 Å². The van der Waals surface area contributed by atoms with E-state index in [1.54, 1.807) is 26.4 Å². The number of hydrogen-bond acceptors (Lipinski definition) is 14. The molecule has 1 saturated heterocycles. The van der Waals surface area contributed by atoms with Crippen LogP contribution in [0.3, 0.4) is 0 Å². The van der Waals surface area contributed by atoms with Gasteiger partial charge in [-0.25, -0.2) is 14.4 Å². The summed E-state index contributed by atoms with van der Waals surface area (Å²) in [6.45, 7) is 1.68. The van der Waals surface area contributed by atoms with Gasteiger partial charge in [-0.05, 0) is 60.9 Å². The summed E-state index contributed by atoms with van der Waals surface area (Å²) in [7, 11) is 9.10. The topological polar surface area (TPSA) is 233 Å². The SMILES string of the molecule is COC(=O)[C@@H]1[C@@H]2C[C@H]3c4[nH]c5cc(OC)ccc5c4CCN3C[C@H]2C[C@@H](OC(=O)c2cc(OC)c(OC)c(OC)c2)[C@@H]1OC.O=C(O)[C@H](O)[C@@H](O)C(=O)O. The van der Waals surface area contributed by atoms with E-state index in [2.05, 4.69) is 16.0 Å². The fraction of sp³-hybridized carbons (Fsp3) is 0.514. The molecule has 1 aromatic heterocycles. The molecule has 0 radical (unpaired) electrons. The van der Waals surface area contributed by atoms with Gasteiger partial charge in [0, 0.05) is 42.9 Å². The summed E-state index contributed by atoms with van der Waals surface area (Å²) in [6, 6.07) is 9.40. The molecule has 1 saturated carbocycles. The van der Waals surface area contributed by atoms with Crippen LogP contribution in [-0.2, 0) is 35.0 Å². The summed E-state index contributed by atoms with van der Waals surface area (Å²) in [5.41, 5.74) is 3.83. The minimum Gasteiger partial charge on any atom is -0.497 e. The van der Waals surface area contributed by atoms with Gasteiger partial charge in [0.1, 0.15) is 18.0 Å². The van der Waals surface area contributed by atoms with Crippen molar-refractivity contribution in [3.8, 4) is 23.0 Å². The van der Waals surface area contributed by atoms with Gasteiger partial charge in [-0.15, -0.1) is 0 Å². The van der Waals surface area contributed by atoms with E-state index in [0.29, 0.717) is 23.7 Å². The summed E-state index contributed by atoms with van der Waals surface area (Å²) in [5, 5.41) is 33.7. The molecule has 17 nitrogen and oxygen atoms in total. The molecule has 2 aromatic carbocycles. The van der Waals surface area contributed by atoms with E-state index in [1.807, 2.05) is 12.1 Å². The van der Waals surface area contributed by atoms with Crippen LogP contribution in [0.25, 0.3) is 10.9 Å². The molecule has 3 aliphatic rings. The molecular formula is C37H46N2O15. The number of carbonyl (C=O) groups excluding carboxylic acids is 2. The number of nitrogens with zero attached hydrogens (tertiary/aromatic N) is 1. The number of benzene rings is 2. The number of rotatable bonds is 11. The molecule has 2 fully saturated rings. The maximum atomic E-state index is 13.5. The molecule has 6 rings (SSSR count). The number of fused-ring (bicyclic) bond motifs is 6. The van der Waals surface area contributed by atoms with Crippen LogP contribution in [0.4, 0.5) is 0 Å². The highest BCUT2D eigenvalue weighted by molar-refractivity contribution is 5.91. The van der Waals surface area contributed by atoms with Gasteiger partial charge in [0.2, 0.25) is 5.75 Å². The first kappa shape index (κ1) is 40.1. The molecule has 0 spiro atoms. The molecule has 17 heteroatoms. The molecule has 0 bridgehead atoms. The number of aromatic amines is 1. The predicted molar refractivity (Wildman–Crippen MR) is 188 cm³/mol. The second kappa shape index (κ2) is 16.9. The fourth-order valence-electron chi connectivity index (χ4n) is 8.03. The first-order valence-corrected chi connectivity index (χ1v) is 17.2. The van der Waals surface area contributed by atoms with E-state index in [-0.39, 0.29) is 29.4 Å². The Bertz CT molecular complexity index is 1820. The lowest BCUT2D eigenvalue weighted by Crippen LogP contribution is -2.58. The van der Waals surface area contributed by atoms with Crippen molar-refractivity contribution in [1.82, 2.24) is 9.88 Å². The summed E-state index contributed by atoms with van der Waals surface area (Å²) < 4.78 is 39.1. The number of aromatic nitrogens is 1. The van der Waals surface area contributed by atoms with Crippen LogP contribution in [0.5, 0.6) is 23.0 Å². The lowest BCUT2D eigenvalue weighted by Gasteiger charge is -2.52. The van der Waals surface area contributed by atoms with Crippen LogP contribution in [0.15, 0.2) is 30.3 Å². The van der Waals surface area contributed by atoms with E-state index in [4.69, 9.17) is 53.6 Å². The summed E-state index contributed by atoms with van der Waals surface area (Å²) in [4.78, 5) is 52.7. The van der Waals surface area contributed by atoms with Gasteiger partial charge in [-0.3, -0.25) is 9.69 Å². The van der Waals surface area contributed by atoms with Crippen LogP contribution in [0.1, 0.15) is 40.5 Å². The van der Waals surface area contributed by atoms with E-state index >= 15 is 0 Å². The molecule has 0 unspecified atom stereocenters. The number of carbonyl (C=O) groups is 4. The normalized spacial score (nSPS) is 24.2. The van der Waals surface area contributed by atoms with E-state index in [0.717, 1.165) is 37.2 Å². The van der Waals surface area contributed by atoms with Gasteiger partial charge in [0.15, 0.2) is 23.7 Å².